The molecule has 0 aliphatic rings. The highest BCUT2D eigenvalue weighted by atomic mass is 79.9. The Balaban J connectivity index is 2.54. The van der Waals surface area contributed by atoms with Crippen LogP contribution < -0.4 is 5.73 Å². The maximum absolute atomic E-state index is 13.0. The molecule has 0 spiro atoms. The third-order valence-electron chi connectivity index (χ3n) is 2.79. The number of nitrogens with two attached hydrogens (primary N) is 1. The third kappa shape index (κ3) is 3.13. The maximum atomic E-state index is 13.0. The number of rotatable bonds is 2. The fourth-order valence-electron chi connectivity index (χ4n) is 1.83. The van der Waals surface area contributed by atoms with E-state index in [4.69, 9.17) is 17.3 Å². The first-order valence-corrected chi connectivity index (χ1v) is 6.69. The van der Waals surface area contributed by atoms with Crippen molar-refractivity contribution in [3.05, 3.63) is 62.8 Å². The number of hydrogen-bond donors (Lipinski definition) is 1. The number of hydrogen-bond acceptors (Lipinski definition) is 2. The minimum atomic E-state index is -4.49. The van der Waals surface area contributed by atoms with Gasteiger partial charge in [0.2, 0.25) is 0 Å². The monoisotopic (exact) mass is 364 g/mol. The Morgan fingerprint density at radius 1 is 1.20 bits per heavy atom. The van der Waals surface area contributed by atoms with Crippen molar-refractivity contribution < 1.29 is 13.2 Å². The van der Waals surface area contributed by atoms with Gasteiger partial charge in [-0.1, -0.05) is 27.5 Å². The van der Waals surface area contributed by atoms with Gasteiger partial charge in [0.05, 0.1) is 11.6 Å². The van der Waals surface area contributed by atoms with Crippen LogP contribution in [0.3, 0.4) is 0 Å². The summed E-state index contributed by atoms with van der Waals surface area (Å²) in [5, 5.41) is 0.399. The van der Waals surface area contributed by atoms with Gasteiger partial charge in [0.15, 0.2) is 0 Å². The maximum Gasteiger partial charge on any atom is 0.416 e. The van der Waals surface area contributed by atoms with Crippen LogP contribution in [0.2, 0.25) is 5.02 Å². The number of benzene rings is 1. The van der Waals surface area contributed by atoms with Crippen molar-refractivity contribution in [3.8, 4) is 0 Å². The number of alkyl halides is 3. The topological polar surface area (TPSA) is 38.9 Å². The molecule has 0 saturated heterocycles. The van der Waals surface area contributed by atoms with Crippen LogP contribution in [0, 0.1) is 0 Å². The van der Waals surface area contributed by atoms with Crippen LogP contribution in [0.4, 0.5) is 13.2 Å². The first kappa shape index (κ1) is 15.3. The van der Waals surface area contributed by atoms with Gasteiger partial charge in [0.25, 0.3) is 0 Å². The van der Waals surface area contributed by atoms with Crippen LogP contribution in [0.1, 0.15) is 22.7 Å². The number of pyridine rings is 1. The Morgan fingerprint density at radius 3 is 2.55 bits per heavy atom. The Kier molecular flexibility index (Phi) is 4.36. The molecule has 0 saturated carbocycles. The number of nitrogens with zero attached hydrogens (tertiary/aromatic N) is 1. The largest absolute Gasteiger partial charge is 0.416 e. The molecule has 0 radical (unpaired) electrons. The van der Waals surface area contributed by atoms with E-state index >= 15 is 0 Å². The van der Waals surface area contributed by atoms with Crippen LogP contribution in [0.5, 0.6) is 0 Å². The Labute approximate surface area is 126 Å². The summed E-state index contributed by atoms with van der Waals surface area (Å²) < 4.78 is 39.5. The Hall–Kier alpha value is -1.11. The highest BCUT2D eigenvalue weighted by Crippen LogP contribution is 2.37. The Bertz CT molecular complexity index is 631. The lowest BCUT2D eigenvalue weighted by atomic mass is 9.97. The first-order chi connectivity index (χ1) is 9.30. The van der Waals surface area contributed by atoms with Crippen LogP contribution in [0.15, 0.2) is 41.1 Å². The lowest BCUT2D eigenvalue weighted by Crippen LogP contribution is -2.19. The third-order valence-corrected chi connectivity index (χ3v) is 3.74. The molecule has 1 heterocycles. The summed E-state index contributed by atoms with van der Waals surface area (Å²) in [6.07, 6.45) is -2.27. The van der Waals surface area contributed by atoms with Gasteiger partial charge in [-0.05, 0) is 29.8 Å². The lowest BCUT2D eigenvalue weighted by molar-refractivity contribution is -0.138. The molecule has 0 fully saturated rings. The van der Waals surface area contributed by atoms with Crippen molar-refractivity contribution in [2.45, 2.75) is 12.2 Å². The van der Waals surface area contributed by atoms with Crippen molar-refractivity contribution in [2.24, 2.45) is 5.73 Å². The second-order valence-corrected chi connectivity index (χ2v) is 5.39. The van der Waals surface area contributed by atoms with Gasteiger partial charge in [0.1, 0.15) is 0 Å². The normalized spacial score (nSPS) is 13.3. The van der Waals surface area contributed by atoms with E-state index < -0.39 is 17.8 Å². The molecule has 1 aromatic carbocycles. The average molecular weight is 366 g/mol. The molecule has 2 nitrogen and oxygen atoms in total. The van der Waals surface area contributed by atoms with Crippen molar-refractivity contribution >= 4 is 27.5 Å². The van der Waals surface area contributed by atoms with Gasteiger partial charge in [-0.2, -0.15) is 13.2 Å². The summed E-state index contributed by atoms with van der Waals surface area (Å²) in [6.45, 7) is 0. The highest BCUT2D eigenvalue weighted by Gasteiger charge is 2.35. The van der Waals surface area contributed by atoms with Gasteiger partial charge in [0, 0.05) is 27.5 Å². The molecular formula is C13H9BrClF3N2. The van der Waals surface area contributed by atoms with Crippen LogP contribution in [-0.4, -0.2) is 4.98 Å². The predicted octanol–water partition coefficient (Wildman–Crippen LogP) is 4.56. The quantitative estimate of drug-likeness (QED) is 0.847. The van der Waals surface area contributed by atoms with E-state index in [2.05, 4.69) is 20.9 Å². The summed E-state index contributed by atoms with van der Waals surface area (Å²) in [7, 11) is 0. The standard InChI is InChI=1S/C13H9BrClF3N2/c14-11-2-1-7(15)5-8(11)12(19)9-6-20-4-3-10(9)13(16,17)18/h1-6,12H,19H2. The molecule has 0 aliphatic heterocycles. The predicted molar refractivity (Wildman–Crippen MR) is 74.4 cm³/mol. The fraction of sp³-hybridized carbons (Fsp3) is 0.154. The smallest absolute Gasteiger partial charge is 0.320 e. The minimum absolute atomic E-state index is 0.0945. The zero-order valence-electron chi connectivity index (χ0n) is 9.96. The summed E-state index contributed by atoms with van der Waals surface area (Å²) >= 11 is 9.13. The van der Waals surface area contributed by atoms with E-state index in [0.717, 1.165) is 18.5 Å². The van der Waals surface area contributed by atoms with Gasteiger partial charge >= 0.3 is 6.18 Å². The zero-order chi connectivity index (χ0) is 14.9. The molecule has 1 unspecified atom stereocenters. The van der Waals surface area contributed by atoms with Gasteiger partial charge in [-0.25, -0.2) is 0 Å². The van der Waals surface area contributed by atoms with E-state index in [1.807, 2.05) is 0 Å². The van der Waals surface area contributed by atoms with Crippen molar-refractivity contribution in [1.82, 2.24) is 4.98 Å². The average Bonchev–Trinajstić information content (AvgIpc) is 2.40. The molecule has 1 atom stereocenters. The lowest BCUT2D eigenvalue weighted by Gasteiger charge is -2.19. The fourth-order valence-corrected chi connectivity index (χ4v) is 2.51. The molecule has 0 bridgehead atoms. The first-order valence-electron chi connectivity index (χ1n) is 5.52. The Morgan fingerprint density at radius 2 is 1.90 bits per heavy atom. The molecule has 0 amide bonds. The SMILES string of the molecule is NC(c1cc(Cl)ccc1Br)c1cnccc1C(F)(F)F. The molecule has 1 aromatic heterocycles. The van der Waals surface area contributed by atoms with Crippen molar-refractivity contribution in [1.29, 1.82) is 0 Å². The number of halogens is 5. The molecule has 106 valence electrons. The molecule has 2 aromatic rings. The van der Waals surface area contributed by atoms with E-state index in [1.54, 1.807) is 12.1 Å². The summed E-state index contributed by atoms with van der Waals surface area (Å²) in [6, 6.07) is 4.72. The van der Waals surface area contributed by atoms with Crippen LogP contribution in [0.25, 0.3) is 0 Å². The van der Waals surface area contributed by atoms with Gasteiger partial charge < -0.3 is 5.73 Å². The van der Waals surface area contributed by atoms with Crippen molar-refractivity contribution in [3.63, 3.8) is 0 Å². The van der Waals surface area contributed by atoms with Gasteiger partial charge in [-0.15, -0.1) is 0 Å². The zero-order valence-corrected chi connectivity index (χ0v) is 12.3. The van der Waals surface area contributed by atoms with Crippen LogP contribution >= 0.6 is 27.5 Å². The molecule has 2 N–H and O–H groups in total. The molecule has 2 rings (SSSR count). The molecule has 20 heavy (non-hydrogen) atoms. The van der Waals surface area contributed by atoms with Gasteiger partial charge in [-0.3, -0.25) is 4.98 Å². The number of aromatic nitrogens is 1. The van der Waals surface area contributed by atoms with Crippen molar-refractivity contribution in [2.75, 3.05) is 0 Å². The molecule has 7 heteroatoms. The second-order valence-electron chi connectivity index (χ2n) is 4.10. The summed E-state index contributed by atoms with van der Waals surface area (Å²) in [5.74, 6) is 0. The highest BCUT2D eigenvalue weighted by molar-refractivity contribution is 9.10. The van der Waals surface area contributed by atoms with E-state index in [1.165, 1.54) is 6.07 Å². The molecule has 0 aliphatic carbocycles. The van der Waals surface area contributed by atoms with E-state index in [9.17, 15) is 13.2 Å². The molecular weight excluding hydrogens is 357 g/mol. The minimum Gasteiger partial charge on any atom is -0.320 e. The van der Waals surface area contributed by atoms with Crippen LogP contribution in [-0.2, 0) is 6.18 Å². The van der Waals surface area contributed by atoms with E-state index in [-0.39, 0.29) is 5.56 Å². The van der Waals surface area contributed by atoms with E-state index in [0.29, 0.717) is 15.1 Å². The summed E-state index contributed by atoms with van der Waals surface area (Å²) in [4.78, 5) is 3.73. The second kappa shape index (κ2) is 5.71. The summed E-state index contributed by atoms with van der Waals surface area (Å²) in [5.41, 5.74) is 5.53.